The SMILES string of the molecule is Cc1nc(N)sc1-c1ccn(CCc2cccs2)n1.O=C(O)C(F)(F)F. The highest BCUT2D eigenvalue weighted by Crippen LogP contribution is 2.29. The molecule has 3 aromatic rings. The number of aromatic nitrogens is 3. The molecular formula is C15H15F3N4O2S2. The third kappa shape index (κ3) is 5.56. The number of nitrogen functional groups attached to an aromatic ring is 1. The van der Waals surface area contributed by atoms with Gasteiger partial charge in [0.15, 0.2) is 5.13 Å². The number of anilines is 1. The zero-order chi connectivity index (χ0) is 19.3. The van der Waals surface area contributed by atoms with Crippen LogP contribution in [0.4, 0.5) is 18.3 Å². The van der Waals surface area contributed by atoms with Gasteiger partial charge in [0.1, 0.15) is 5.69 Å². The molecule has 0 aromatic carbocycles. The normalized spacial score (nSPS) is 11.1. The number of thiophene rings is 1. The first kappa shape index (κ1) is 19.9. The second kappa shape index (κ2) is 8.32. The number of thiazole rings is 1. The van der Waals surface area contributed by atoms with Crippen molar-refractivity contribution in [1.29, 1.82) is 0 Å². The Hall–Kier alpha value is -2.40. The summed E-state index contributed by atoms with van der Waals surface area (Å²) in [6.45, 7) is 2.86. The number of hydrogen-bond donors (Lipinski definition) is 2. The Morgan fingerprint density at radius 1 is 1.38 bits per heavy atom. The maximum absolute atomic E-state index is 10.6. The molecule has 0 saturated carbocycles. The molecule has 0 aliphatic heterocycles. The predicted molar refractivity (Wildman–Crippen MR) is 94.2 cm³/mol. The van der Waals surface area contributed by atoms with Gasteiger partial charge in [-0.25, -0.2) is 9.78 Å². The van der Waals surface area contributed by atoms with E-state index in [0.717, 1.165) is 29.2 Å². The van der Waals surface area contributed by atoms with Gasteiger partial charge < -0.3 is 10.8 Å². The smallest absolute Gasteiger partial charge is 0.475 e. The largest absolute Gasteiger partial charge is 0.490 e. The summed E-state index contributed by atoms with van der Waals surface area (Å²) in [6, 6.07) is 6.26. The minimum atomic E-state index is -5.08. The van der Waals surface area contributed by atoms with Crippen LogP contribution in [0.15, 0.2) is 29.8 Å². The number of carboxylic acid groups (broad SMARTS) is 1. The number of carbonyl (C=O) groups is 1. The number of nitrogens with zero attached hydrogens (tertiary/aromatic N) is 3. The molecule has 0 fully saturated rings. The average molecular weight is 404 g/mol. The van der Waals surface area contributed by atoms with Crippen molar-refractivity contribution in [2.45, 2.75) is 26.1 Å². The minimum Gasteiger partial charge on any atom is -0.475 e. The molecule has 0 spiro atoms. The Balaban J connectivity index is 0.000000298. The van der Waals surface area contributed by atoms with Crippen molar-refractivity contribution in [3.63, 3.8) is 0 Å². The number of alkyl halides is 3. The standard InChI is InChI=1S/C13H14N4S2.C2HF3O2/c1-9-12(19-13(14)15-9)11-5-7-17(16-11)6-4-10-3-2-8-18-10;3-2(4,5)1(6)7/h2-3,5,7-8H,4,6H2,1H3,(H2,14,15);(H,6,7). The van der Waals surface area contributed by atoms with Crippen LogP contribution in [0.25, 0.3) is 10.6 Å². The van der Waals surface area contributed by atoms with Gasteiger partial charge >= 0.3 is 12.1 Å². The molecule has 3 N–H and O–H groups in total. The van der Waals surface area contributed by atoms with Crippen molar-refractivity contribution < 1.29 is 23.1 Å². The molecule has 0 atom stereocenters. The van der Waals surface area contributed by atoms with Crippen LogP contribution in [0.3, 0.4) is 0 Å². The lowest BCUT2D eigenvalue weighted by atomic mass is 10.3. The maximum Gasteiger partial charge on any atom is 0.490 e. The highest BCUT2D eigenvalue weighted by Gasteiger charge is 2.38. The number of carboxylic acids is 1. The lowest BCUT2D eigenvalue weighted by Gasteiger charge is -1.99. The lowest BCUT2D eigenvalue weighted by Crippen LogP contribution is -2.21. The molecule has 6 nitrogen and oxygen atoms in total. The third-order valence-electron chi connectivity index (χ3n) is 3.10. The first-order valence-electron chi connectivity index (χ1n) is 7.26. The van der Waals surface area contributed by atoms with Crippen molar-refractivity contribution in [2.24, 2.45) is 0 Å². The molecule has 0 aliphatic rings. The van der Waals surface area contributed by atoms with Crippen LogP contribution in [0.1, 0.15) is 10.6 Å². The Kier molecular flexibility index (Phi) is 6.37. The van der Waals surface area contributed by atoms with Crippen LogP contribution in [-0.2, 0) is 17.8 Å². The second-order valence-electron chi connectivity index (χ2n) is 5.06. The third-order valence-corrected chi connectivity index (χ3v) is 5.04. The van der Waals surface area contributed by atoms with Gasteiger partial charge in [-0.05, 0) is 24.4 Å². The van der Waals surface area contributed by atoms with Crippen LogP contribution < -0.4 is 5.73 Å². The highest BCUT2D eigenvalue weighted by atomic mass is 32.1. The quantitative estimate of drug-likeness (QED) is 0.689. The van der Waals surface area contributed by atoms with E-state index in [0.29, 0.717) is 5.13 Å². The molecule has 0 unspecified atom stereocenters. The fourth-order valence-electron chi connectivity index (χ4n) is 1.94. The van der Waals surface area contributed by atoms with E-state index in [-0.39, 0.29) is 0 Å². The molecule has 0 amide bonds. The van der Waals surface area contributed by atoms with E-state index in [2.05, 4.69) is 27.6 Å². The maximum atomic E-state index is 10.6. The van der Waals surface area contributed by atoms with E-state index < -0.39 is 12.1 Å². The summed E-state index contributed by atoms with van der Waals surface area (Å²) in [5.74, 6) is -2.76. The van der Waals surface area contributed by atoms with Gasteiger partial charge in [-0.3, -0.25) is 4.68 Å². The van der Waals surface area contributed by atoms with Crippen molar-refractivity contribution in [2.75, 3.05) is 5.73 Å². The number of hydrogen-bond acceptors (Lipinski definition) is 6. The van der Waals surface area contributed by atoms with Gasteiger partial charge in [-0.15, -0.1) is 11.3 Å². The highest BCUT2D eigenvalue weighted by molar-refractivity contribution is 7.18. The van der Waals surface area contributed by atoms with E-state index in [4.69, 9.17) is 15.6 Å². The van der Waals surface area contributed by atoms with Crippen LogP contribution in [0.2, 0.25) is 0 Å². The predicted octanol–water partition coefficient (Wildman–Crippen LogP) is 3.83. The summed E-state index contributed by atoms with van der Waals surface area (Å²) in [6.07, 6.45) is -2.05. The lowest BCUT2D eigenvalue weighted by molar-refractivity contribution is -0.192. The molecular weight excluding hydrogens is 389 g/mol. The molecule has 0 saturated heterocycles. The second-order valence-corrected chi connectivity index (χ2v) is 7.13. The summed E-state index contributed by atoms with van der Waals surface area (Å²) in [5.41, 5.74) is 7.63. The van der Waals surface area contributed by atoms with E-state index >= 15 is 0 Å². The van der Waals surface area contributed by atoms with E-state index in [1.165, 1.54) is 16.2 Å². The van der Waals surface area contributed by atoms with Crippen LogP contribution in [0.5, 0.6) is 0 Å². The van der Waals surface area contributed by atoms with Crippen molar-refractivity contribution in [3.05, 3.63) is 40.3 Å². The Labute approximate surface area is 154 Å². The fraction of sp³-hybridized carbons (Fsp3) is 0.267. The van der Waals surface area contributed by atoms with Crippen molar-refractivity contribution in [1.82, 2.24) is 14.8 Å². The number of halogens is 3. The monoisotopic (exact) mass is 404 g/mol. The van der Waals surface area contributed by atoms with Crippen molar-refractivity contribution in [3.8, 4) is 10.6 Å². The van der Waals surface area contributed by atoms with Gasteiger partial charge in [0, 0.05) is 24.0 Å². The van der Waals surface area contributed by atoms with Gasteiger partial charge in [0.2, 0.25) is 0 Å². The van der Waals surface area contributed by atoms with E-state index in [1.54, 1.807) is 11.3 Å². The fourth-order valence-corrected chi connectivity index (χ4v) is 3.44. The van der Waals surface area contributed by atoms with Gasteiger partial charge in [0.05, 0.1) is 10.6 Å². The number of rotatable bonds is 4. The molecule has 0 radical (unpaired) electrons. The molecule has 3 heterocycles. The molecule has 140 valence electrons. The van der Waals surface area contributed by atoms with Crippen LogP contribution in [-0.4, -0.2) is 32.0 Å². The van der Waals surface area contributed by atoms with E-state index in [9.17, 15) is 13.2 Å². The zero-order valence-corrected chi connectivity index (χ0v) is 15.2. The Bertz CT molecular complexity index is 857. The number of nitrogens with two attached hydrogens (primary N) is 1. The number of aryl methyl sites for hydroxylation is 3. The van der Waals surface area contributed by atoms with Crippen molar-refractivity contribution >= 4 is 33.8 Å². The first-order chi connectivity index (χ1) is 12.2. The molecule has 0 aliphatic carbocycles. The molecule has 26 heavy (non-hydrogen) atoms. The summed E-state index contributed by atoms with van der Waals surface area (Å²) < 4.78 is 33.7. The topological polar surface area (TPSA) is 94.0 Å². The zero-order valence-electron chi connectivity index (χ0n) is 13.5. The van der Waals surface area contributed by atoms with Gasteiger partial charge in [0.25, 0.3) is 0 Å². The minimum absolute atomic E-state index is 0.598. The molecule has 0 bridgehead atoms. The Morgan fingerprint density at radius 2 is 2.08 bits per heavy atom. The molecule has 11 heteroatoms. The summed E-state index contributed by atoms with van der Waals surface area (Å²) in [7, 11) is 0. The van der Waals surface area contributed by atoms with Gasteiger partial charge in [-0.2, -0.15) is 18.3 Å². The summed E-state index contributed by atoms with van der Waals surface area (Å²) in [5, 5.41) is 14.4. The van der Waals surface area contributed by atoms with Crippen LogP contribution in [0, 0.1) is 6.92 Å². The van der Waals surface area contributed by atoms with E-state index in [1.807, 2.05) is 23.9 Å². The summed E-state index contributed by atoms with van der Waals surface area (Å²) in [4.78, 5) is 15.6. The van der Waals surface area contributed by atoms with Gasteiger partial charge in [-0.1, -0.05) is 17.4 Å². The molecule has 3 aromatic heterocycles. The average Bonchev–Trinajstić information content (AvgIpc) is 3.26. The number of aliphatic carboxylic acids is 1. The summed E-state index contributed by atoms with van der Waals surface area (Å²) >= 11 is 3.28. The Morgan fingerprint density at radius 3 is 2.58 bits per heavy atom. The van der Waals surface area contributed by atoms with Crippen LogP contribution >= 0.6 is 22.7 Å². The first-order valence-corrected chi connectivity index (χ1v) is 8.95. The molecule has 3 rings (SSSR count).